The number of sulfonamides is 2. The van der Waals surface area contributed by atoms with Crippen LogP contribution in [0.2, 0.25) is 5.02 Å². The molecule has 14 heteroatoms. The van der Waals surface area contributed by atoms with E-state index in [2.05, 4.69) is 21.2 Å². The molecule has 0 saturated carbocycles. The maximum atomic E-state index is 14.0. The molecule has 1 aliphatic rings. The summed E-state index contributed by atoms with van der Waals surface area (Å²) in [4.78, 5) is 12.4. The van der Waals surface area contributed by atoms with Crippen LogP contribution in [-0.2, 0) is 29.6 Å². The van der Waals surface area contributed by atoms with Gasteiger partial charge in [0.05, 0.1) is 4.90 Å². The molecule has 2 heterocycles. The van der Waals surface area contributed by atoms with Gasteiger partial charge in [-0.1, -0.05) is 28.9 Å². The number of nitrogens with one attached hydrogen (secondary N) is 2. The molecule has 2 unspecified atom stereocenters. The van der Waals surface area contributed by atoms with Gasteiger partial charge in [0.2, 0.25) is 26.0 Å². The molecule has 0 fully saturated rings. The molecule has 35 heavy (non-hydrogen) atoms. The van der Waals surface area contributed by atoms with E-state index in [4.69, 9.17) is 21.9 Å². The largest absolute Gasteiger partial charge is 0.369 e. The summed E-state index contributed by atoms with van der Waals surface area (Å²) in [5, 5.41) is 3.73. The number of hydrogen-bond donors (Lipinski definition) is 3. The van der Waals surface area contributed by atoms with Gasteiger partial charge in [-0.05, 0) is 61.4 Å². The fourth-order valence-electron chi connectivity index (χ4n) is 4.32. The van der Waals surface area contributed by atoms with Crippen molar-refractivity contribution in [2.75, 3.05) is 11.3 Å². The van der Waals surface area contributed by atoms with Crippen molar-refractivity contribution in [3.8, 4) is 0 Å². The van der Waals surface area contributed by atoms with E-state index in [9.17, 15) is 21.6 Å². The molecule has 0 spiro atoms. The predicted octanol–water partition coefficient (Wildman–Crippen LogP) is 2.78. The first-order valence-corrected chi connectivity index (χ1v) is 14.5. The van der Waals surface area contributed by atoms with Crippen LogP contribution >= 0.6 is 23.4 Å². The first-order chi connectivity index (χ1) is 16.2. The van der Waals surface area contributed by atoms with E-state index >= 15 is 0 Å². The van der Waals surface area contributed by atoms with Gasteiger partial charge in [-0.2, -0.15) is 0 Å². The minimum atomic E-state index is -4.58. The molecule has 2 atom stereocenters. The number of nitrogens with two attached hydrogens (primary N) is 1. The number of carbonyl (C=O) groups excluding carboxylic acids is 1. The maximum Gasteiger partial charge on any atom is 0.257 e. The molecule has 0 aliphatic carbocycles. The summed E-state index contributed by atoms with van der Waals surface area (Å²) in [6.45, 7) is 9.75. The number of carbonyl (C=O) groups is 1. The van der Waals surface area contributed by atoms with E-state index in [0.29, 0.717) is 11.1 Å². The number of rotatable bonds is 9. The fraction of sp³-hybridized carbons (Fsp3) is 0.333. The highest BCUT2D eigenvalue weighted by atomic mass is 35.5. The molecule has 2 aromatic rings. The number of primary amides is 1. The summed E-state index contributed by atoms with van der Waals surface area (Å²) >= 11 is 7.05. The topological polar surface area (TPSA) is 161 Å². The Balaban J connectivity index is 2.38. The number of hydrogen-bond acceptors (Lipinski definition) is 8. The van der Waals surface area contributed by atoms with Crippen molar-refractivity contribution in [2.45, 2.75) is 42.6 Å². The highest BCUT2D eigenvalue weighted by Gasteiger charge is 2.57. The minimum Gasteiger partial charge on any atom is -0.369 e. The molecular weight excluding hydrogens is 536 g/mol. The number of thioether (sulfide) groups is 1. The number of amides is 1. The predicted molar refractivity (Wildman–Crippen MR) is 136 cm³/mol. The lowest BCUT2D eigenvalue weighted by atomic mass is 9.86. The third-order valence-corrected chi connectivity index (χ3v) is 11.0. The van der Waals surface area contributed by atoms with E-state index < -0.39 is 36.0 Å². The third kappa shape index (κ3) is 4.51. The second kappa shape index (κ2) is 9.62. The smallest absolute Gasteiger partial charge is 0.257 e. The zero-order valence-corrected chi connectivity index (χ0v) is 22.6. The van der Waals surface area contributed by atoms with Gasteiger partial charge in [-0.15, -0.1) is 18.3 Å². The summed E-state index contributed by atoms with van der Waals surface area (Å²) in [5.74, 6) is -1.24. The third-order valence-electron chi connectivity index (χ3n) is 5.62. The van der Waals surface area contributed by atoms with Gasteiger partial charge in [-0.25, -0.2) is 26.3 Å². The molecule has 0 saturated heterocycles. The SMILES string of the molecule is C=CCNS(=O)(=O)c1c(C)cc(C)c(C2(S(=O)(=O)Nc3onc(C)c3Cl)C=CSC2C(N)=O)c1C. The van der Waals surface area contributed by atoms with Crippen LogP contribution in [0, 0.1) is 27.7 Å². The summed E-state index contributed by atoms with van der Waals surface area (Å²) in [6.07, 6.45) is 2.71. The van der Waals surface area contributed by atoms with E-state index in [-0.39, 0.29) is 39.2 Å². The van der Waals surface area contributed by atoms with E-state index in [1.165, 1.54) is 31.4 Å². The van der Waals surface area contributed by atoms with Crippen LogP contribution in [0.15, 0.2) is 39.6 Å². The Morgan fingerprint density at radius 3 is 2.49 bits per heavy atom. The van der Waals surface area contributed by atoms with E-state index in [1.54, 1.807) is 19.9 Å². The van der Waals surface area contributed by atoms with Gasteiger partial charge in [0, 0.05) is 6.54 Å². The molecule has 0 radical (unpaired) electrons. The second-order valence-corrected chi connectivity index (χ2v) is 13.0. The standard InChI is InChI=1S/C21H25ClN4O6S3/c1-6-8-24-34(28,29)17-12(3)10-11(2)15(13(17)4)21(7-9-33-18(21)19(23)27)35(30,31)26-20-16(22)14(5)25-32-20/h6-7,9-10,18,24,26H,1,8H2,2-5H3,(H2,23,27). The monoisotopic (exact) mass is 560 g/mol. The van der Waals surface area contributed by atoms with Crippen LogP contribution in [0.25, 0.3) is 0 Å². The Bertz CT molecular complexity index is 1450. The number of aromatic nitrogens is 1. The highest BCUT2D eigenvalue weighted by Crippen LogP contribution is 2.51. The van der Waals surface area contributed by atoms with Crippen LogP contribution in [0.3, 0.4) is 0 Å². The van der Waals surface area contributed by atoms with Crippen molar-refractivity contribution in [3.05, 3.63) is 63.2 Å². The Morgan fingerprint density at radius 1 is 1.29 bits per heavy atom. The second-order valence-electron chi connectivity index (χ2n) is 8.01. The quantitative estimate of drug-likeness (QED) is 0.394. The van der Waals surface area contributed by atoms with Crippen molar-refractivity contribution in [1.82, 2.24) is 9.88 Å². The van der Waals surface area contributed by atoms with Crippen molar-refractivity contribution >= 4 is 55.2 Å². The number of halogens is 1. The molecule has 1 amide bonds. The lowest BCUT2D eigenvalue weighted by Gasteiger charge is -2.35. The van der Waals surface area contributed by atoms with Gasteiger partial charge >= 0.3 is 0 Å². The summed E-state index contributed by atoms with van der Waals surface area (Å²) in [7, 11) is -8.63. The van der Waals surface area contributed by atoms with Crippen LogP contribution in [0.5, 0.6) is 0 Å². The fourth-order valence-corrected chi connectivity index (χ4v) is 9.35. The molecule has 4 N–H and O–H groups in total. The number of benzene rings is 1. The van der Waals surface area contributed by atoms with Crippen LogP contribution in [-0.4, -0.2) is 39.7 Å². The van der Waals surface area contributed by atoms with Crippen LogP contribution < -0.4 is 15.2 Å². The number of nitrogens with zero attached hydrogens (tertiary/aromatic N) is 1. The van der Waals surface area contributed by atoms with Crippen molar-refractivity contribution in [3.63, 3.8) is 0 Å². The molecule has 190 valence electrons. The normalized spacial score (nSPS) is 20.2. The van der Waals surface area contributed by atoms with Crippen molar-refractivity contribution in [2.24, 2.45) is 5.73 Å². The van der Waals surface area contributed by atoms with Gasteiger partial charge in [-0.3, -0.25) is 4.79 Å². The molecule has 10 nitrogen and oxygen atoms in total. The lowest BCUT2D eigenvalue weighted by molar-refractivity contribution is -0.117. The summed E-state index contributed by atoms with van der Waals surface area (Å²) in [6, 6.07) is 1.56. The average molecular weight is 561 g/mol. The zero-order chi connectivity index (χ0) is 26.3. The Morgan fingerprint density at radius 2 is 1.94 bits per heavy atom. The molecule has 1 aromatic carbocycles. The molecule has 1 aromatic heterocycles. The minimum absolute atomic E-state index is 0.0293. The van der Waals surface area contributed by atoms with Crippen LogP contribution in [0.1, 0.15) is 27.9 Å². The first-order valence-electron chi connectivity index (χ1n) is 10.2. The zero-order valence-electron chi connectivity index (χ0n) is 19.4. The highest BCUT2D eigenvalue weighted by molar-refractivity contribution is 8.05. The molecular formula is C21H25ClN4O6S3. The molecule has 0 bridgehead atoms. The number of anilines is 1. The molecule has 3 rings (SSSR count). The average Bonchev–Trinajstić information content (AvgIpc) is 3.32. The van der Waals surface area contributed by atoms with Crippen molar-refractivity contribution < 1.29 is 26.2 Å². The number of aryl methyl sites for hydroxylation is 3. The Kier molecular flexibility index (Phi) is 7.49. The van der Waals surface area contributed by atoms with Gasteiger partial charge in [0.15, 0.2) is 4.75 Å². The molecule has 1 aliphatic heterocycles. The Hall–Kier alpha value is -2.32. The van der Waals surface area contributed by atoms with Gasteiger partial charge in [0.1, 0.15) is 16.0 Å². The summed E-state index contributed by atoms with van der Waals surface area (Å²) in [5.41, 5.74) is 7.03. The van der Waals surface area contributed by atoms with Gasteiger partial charge < -0.3 is 10.3 Å². The lowest BCUT2D eigenvalue weighted by Crippen LogP contribution is -2.51. The maximum absolute atomic E-state index is 14.0. The van der Waals surface area contributed by atoms with Gasteiger partial charge in [0.25, 0.3) is 5.88 Å². The Labute approximate surface area is 213 Å². The van der Waals surface area contributed by atoms with E-state index in [0.717, 1.165) is 11.8 Å². The summed E-state index contributed by atoms with van der Waals surface area (Å²) < 4.78 is 62.0. The van der Waals surface area contributed by atoms with Crippen LogP contribution in [0.4, 0.5) is 5.88 Å². The van der Waals surface area contributed by atoms with Crippen molar-refractivity contribution in [1.29, 1.82) is 0 Å². The first kappa shape index (κ1) is 27.3. The van der Waals surface area contributed by atoms with E-state index in [1.807, 2.05) is 0 Å².